The molecule has 3 aromatic carbocycles. The zero-order chi connectivity index (χ0) is 18.1. The number of benzene rings is 3. The van der Waals surface area contributed by atoms with E-state index in [4.69, 9.17) is 4.98 Å². The van der Waals surface area contributed by atoms with E-state index in [0.717, 1.165) is 35.5 Å². The van der Waals surface area contributed by atoms with Crippen molar-refractivity contribution >= 4 is 11.6 Å². The van der Waals surface area contributed by atoms with E-state index in [2.05, 4.69) is 51.5 Å². The number of nitrogens with zero attached hydrogens (tertiary/aromatic N) is 4. The monoisotopic (exact) mass is 350 g/mol. The van der Waals surface area contributed by atoms with Gasteiger partial charge in [0.25, 0.3) is 0 Å². The molecule has 0 radical (unpaired) electrons. The first-order valence-electron chi connectivity index (χ1n) is 9.11. The van der Waals surface area contributed by atoms with Crippen molar-refractivity contribution in [3.05, 3.63) is 90.5 Å². The molecule has 0 saturated carbocycles. The summed E-state index contributed by atoms with van der Waals surface area (Å²) in [6.45, 7) is 0.875. The summed E-state index contributed by atoms with van der Waals surface area (Å²) in [5.41, 5.74) is 6.22. The third-order valence-electron chi connectivity index (χ3n) is 4.90. The summed E-state index contributed by atoms with van der Waals surface area (Å²) >= 11 is 0. The zero-order valence-electron chi connectivity index (χ0n) is 14.8. The van der Waals surface area contributed by atoms with Crippen molar-refractivity contribution in [3.63, 3.8) is 0 Å². The van der Waals surface area contributed by atoms with Gasteiger partial charge in [0, 0.05) is 23.4 Å². The predicted molar refractivity (Wildman–Crippen MR) is 108 cm³/mol. The minimum Gasteiger partial charge on any atom is -0.309 e. The van der Waals surface area contributed by atoms with E-state index in [0.29, 0.717) is 5.95 Å². The summed E-state index contributed by atoms with van der Waals surface area (Å²) in [6, 6.07) is 28.7. The number of rotatable bonds is 3. The van der Waals surface area contributed by atoms with Gasteiger partial charge in [-0.2, -0.15) is 0 Å². The normalized spacial score (nSPS) is 12.8. The Hall–Kier alpha value is -3.53. The van der Waals surface area contributed by atoms with Crippen molar-refractivity contribution in [1.82, 2.24) is 15.2 Å². The number of aromatic nitrogens is 3. The molecule has 0 bridgehead atoms. The summed E-state index contributed by atoms with van der Waals surface area (Å²) < 4.78 is 0. The molecule has 0 unspecified atom stereocenters. The summed E-state index contributed by atoms with van der Waals surface area (Å²) in [6.07, 6.45) is 1.00. The highest BCUT2D eigenvalue weighted by Gasteiger charge is 2.24. The fraction of sp³-hybridized carbons (Fsp3) is 0.0870. The van der Waals surface area contributed by atoms with Gasteiger partial charge in [0.15, 0.2) is 0 Å². The molecular weight excluding hydrogens is 332 g/mol. The third-order valence-corrected chi connectivity index (χ3v) is 4.90. The molecule has 4 nitrogen and oxygen atoms in total. The van der Waals surface area contributed by atoms with Crippen molar-refractivity contribution in [3.8, 4) is 22.5 Å². The predicted octanol–water partition coefficient (Wildman–Crippen LogP) is 4.90. The van der Waals surface area contributed by atoms with Gasteiger partial charge in [0.05, 0.1) is 0 Å². The summed E-state index contributed by atoms with van der Waals surface area (Å²) in [4.78, 5) is 7.11. The molecule has 4 aromatic rings. The average Bonchev–Trinajstić information content (AvgIpc) is 3.19. The molecule has 0 saturated heterocycles. The Morgan fingerprint density at radius 2 is 1.26 bits per heavy atom. The summed E-state index contributed by atoms with van der Waals surface area (Å²) in [5.74, 6) is 0.651. The largest absolute Gasteiger partial charge is 0.309 e. The van der Waals surface area contributed by atoms with Crippen LogP contribution in [0.5, 0.6) is 0 Å². The maximum absolute atomic E-state index is 4.95. The number of fused-ring (bicyclic) bond motifs is 1. The highest BCUT2D eigenvalue weighted by Crippen LogP contribution is 2.35. The third kappa shape index (κ3) is 2.85. The van der Waals surface area contributed by atoms with E-state index in [1.807, 2.05) is 48.5 Å². The Bertz CT molecular complexity index is 1080. The summed E-state index contributed by atoms with van der Waals surface area (Å²) in [5, 5.41) is 9.08. The standard InChI is InChI=1S/C23H18N4/c1-3-10-18(11-4-1)21-22(19-12-5-2-6-13-19)25-26-23(24-21)27-16-15-17-9-7-8-14-20(17)27/h1-14H,15-16H2. The van der Waals surface area contributed by atoms with Gasteiger partial charge >= 0.3 is 0 Å². The van der Waals surface area contributed by atoms with E-state index in [-0.39, 0.29) is 0 Å². The molecule has 27 heavy (non-hydrogen) atoms. The van der Waals surface area contributed by atoms with E-state index < -0.39 is 0 Å². The number of anilines is 2. The number of para-hydroxylation sites is 1. The highest BCUT2D eigenvalue weighted by atomic mass is 15.3. The Morgan fingerprint density at radius 1 is 0.630 bits per heavy atom. The van der Waals surface area contributed by atoms with Gasteiger partial charge in [-0.05, 0) is 18.1 Å². The lowest BCUT2D eigenvalue weighted by atomic mass is 10.0. The topological polar surface area (TPSA) is 41.9 Å². The van der Waals surface area contributed by atoms with Gasteiger partial charge in [0.1, 0.15) is 11.4 Å². The second kappa shape index (κ2) is 6.65. The fourth-order valence-electron chi connectivity index (χ4n) is 3.57. The molecule has 0 N–H and O–H groups in total. The molecule has 0 amide bonds. The van der Waals surface area contributed by atoms with Crippen LogP contribution in [0.4, 0.5) is 11.6 Å². The lowest BCUT2D eigenvalue weighted by molar-refractivity contribution is 0.890. The molecule has 5 rings (SSSR count). The van der Waals surface area contributed by atoms with Crippen LogP contribution in [0.25, 0.3) is 22.5 Å². The van der Waals surface area contributed by atoms with Gasteiger partial charge in [-0.3, -0.25) is 0 Å². The lowest BCUT2D eigenvalue weighted by Crippen LogP contribution is -2.17. The molecule has 130 valence electrons. The Labute approximate surface area is 158 Å². The van der Waals surface area contributed by atoms with Crippen molar-refractivity contribution < 1.29 is 0 Å². The molecule has 2 heterocycles. The van der Waals surface area contributed by atoms with Crippen LogP contribution in [0.1, 0.15) is 5.56 Å². The first-order chi connectivity index (χ1) is 13.4. The molecular formula is C23H18N4. The van der Waals surface area contributed by atoms with Crippen LogP contribution in [0.2, 0.25) is 0 Å². The van der Waals surface area contributed by atoms with E-state index >= 15 is 0 Å². The lowest BCUT2D eigenvalue weighted by Gasteiger charge is -2.18. The molecule has 0 spiro atoms. The van der Waals surface area contributed by atoms with Crippen molar-refractivity contribution in [2.24, 2.45) is 0 Å². The molecule has 1 aromatic heterocycles. The molecule has 0 atom stereocenters. The molecule has 1 aliphatic rings. The highest BCUT2D eigenvalue weighted by molar-refractivity contribution is 5.78. The van der Waals surface area contributed by atoms with Crippen molar-refractivity contribution in [2.45, 2.75) is 6.42 Å². The van der Waals surface area contributed by atoms with Crippen LogP contribution in [-0.4, -0.2) is 21.7 Å². The minimum atomic E-state index is 0.651. The maximum atomic E-state index is 4.95. The van der Waals surface area contributed by atoms with Gasteiger partial charge in [0.2, 0.25) is 5.95 Å². The first-order valence-corrected chi connectivity index (χ1v) is 9.11. The number of hydrogen-bond donors (Lipinski definition) is 0. The molecule has 4 heteroatoms. The smallest absolute Gasteiger partial charge is 0.250 e. The zero-order valence-corrected chi connectivity index (χ0v) is 14.8. The van der Waals surface area contributed by atoms with Crippen molar-refractivity contribution in [1.29, 1.82) is 0 Å². The Morgan fingerprint density at radius 3 is 2.00 bits per heavy atom. The molecule has 1 aliphatic heterocycles. The first kappa shape index (κ1) is 15.7. The average molecular weight is 350 g/mol. The number of hydrogen-bond acceptors (Lipinski definition) is 4. The Kier molecular flexibility index (Phi) is 3.87. The van der Waals surface area contributed by atoms with Gasteiger partial charge in [-0.15, -0.1) is 10.2 Å². The van der Waals surface area contributed by atoms with Crippen LogP contribution < -0.4 is 4.90 Å². The SMILES string of the molecule is c1ccc(-c2nnc(N3CCc4ccccc43)nc2-c2ccccc2)cc1. The summed E-state index contributed by atoms with van der Waals surface area (Å²) in [7, 11) is 0. The second-order valence-electron chi connectivity index (χ2n) is 6.57. The minimum absolute atomic E-state index is 0.651. The Balaban J connectivity index is 1.66. The van der Waals surface area contributed by atoms with Crippen molar-refractivity contribution in [2.75, 3.05) is 11.4 Å². The van der Waals surface area contributed by atoms with Gasteiger partial charge < -0.3 is 4.90 Å². The van der Waals surface area contributed by atoms with Crippen LogP contribution in [0.3, 0.4) is 0 Å². The van der Waals surface area contributed by atoms with Crippen LogP contribution in [0.15, 0.2) is 84.9 Å². The quantitative estimate of drug-likeness (QED) is 0.527. The van der Waals surface area contributed by atoms with Crippen LogP contribution in [-0.2, 0) is 6.42 Å². The van der Waals surface area contributed by atoms with Crippen LogP contribution >= 0.6 is 0 Å². The second-order valence-corrected chi connectivity index (χ2v) is 6.57. The van der Waals surface area contributed by atoms with E-state index in [9.17, 15) is 0 Å². The maximum Gasteiger partial charge on any atom is 0.250 e. The van der Waals surface area contributed by atoms with Crippen LogP contribution in [0, 0.1) is 0 Å². The van der Waals surface area contributed by atoms with E-state index in [1.165, 1.54) is 11.3 Å². The molecule has 0 aliphatic carbocycles. The van der Waals surface area contributed by atoms with E-state index in [1.54, 1.807) is 0 Å². The van der Waals surface area contributed by atoms with Gasteiger partial charge in [-0.1, -0.05) is 78.9 Å². The molecule has 0 fully saturated rings. The fourth-order valence-corrected chi connectivity index (χ4v) is 3.57. The van der Waals surface area contributed by atoms with Gasteiger partial charge in [-0.25, -0.2) is 4.98 Å².